The van der Waals surface area contributed by atoms with Crippen LogP contribution in [0.1, 0.15) is 23.8 Å². The van der Waals surface area contributed by atoms with Crippen LogP contribution in [0.25, 0.3) is 0 Å². The molecule has 7 nitrogen and oxygen atoms in total. The Kier molecular flexibility index (Phi) is 4.11. The van der Waals surface area contributed by atoms with E-state index in [9.17, 15) is 13.2 Å². The molecule has 0 amide bonds. The predicted molar refractivity (Wildman–Crippen MR) is 62.5 cm³/mol. The summed E-state index contributed by atoms with van der Waals surface area (Å²) in [6, 6.07) is 0. The monoisotopic (exact) mass is 261 g/mol. The topological polar surface area (TPSA) is 115 Å². The first-order chi connectivity index (χ1) is 7.85. The maximum atomic E-state index is 11.2. The molecule has 0 fully saturated rings. The Balaban J connectivity index is 2.59. The molecular formula is C9H15N3O4S. The number of hydrogen-bond acceptors (Lipinski definition) is 5. The minimum Gasteiger partial charge on any atom is -0.476 e. The molecule has 1 aromatic rings. The average molecular weight is 261 g/mol. The molecule has 0 radical (unpaired) electrons. The van der Waals surface area contributed by atoms with Gasteiger partial charge in [-0.1, -0.05) is 6.92 Å². The number of rotatable bonds is 6. The lowest BCUT2D eigenvalue weighted by molar-refractivity contribution is 0.0690. The largest absolute Gasteiger partial charge is 0.476 e. The van der Waals surface area contributed by atoms with Crippen molar-refractivity contribution in [2.24, 2.45) is 0 Å². The summed E-state index contributed by atoms with van der Waals surface area (Å²) in [4.78, 5) is 10.7. The summed E-state index contributed by atoms with van der Waals surface area (Å²) >= 11 is 0. The van der Waals surface area contributed by atoms with Gasteiger partial charge in [-0.3, -0.25) is 4.68 Å². The van der Waals surface area contributed by atoms with Crippen molar-refractivity contribution < 1.29 is 18.3 Å². The zero-order valence-corrected chi connectivity index (χ0v) is 10.3. The molecule has 0 aliphatic carbocycles. The van der Waals surface area contributed by atoms with Gasteiger partial charge in [0.25, 0.3) is 0 Å². The number of aromatic carboxylic acids is 1. The Morgan fingerprint density at radius 3 is 2.71 bits per heavy atom. The molecule has 1 aromatic heterocycles. The molecule has 0 unspecified atom stereocenters. The van der Waals surface area contributed by atoms with Gasteiger partial charge in [0.05, 0.1) is 11.4 Å². The lowest BCUT2D eigenvalue weighted by Crippen LogP contribution is -2.12. The van der Waals surface area contributed by atoms with E-state index in [1.165, 1.54) is 10.9 Å². The minimum atomic E-state index is -3.00. The Hall–Kier alpha value is -1.57. The second-order valence-corrected chi connectivity index (χ2v) is 6.06. The maximum absolute atomic E-state index is 11.2. The summed E-state index contributed by atoms with van der Waals surface area (Å²) < 4.78 is 23.8. The highest BCUT2D eigenvalue weighted by molar-refractivity contribution is 7.91. The van der Waals surface area contributed by atoms with Gasteiger partial charge in [0.15, 0.2) is 5.69 Å². The summed E-state index contributed by atoms with van der Waals surface area (Å²) in [5, 5.41) is 12.5. The van der Waals surface area contributed by atoms with E-state index in [0.717, 1.165) is 0 Å². The van der Waals surface area contributed by atoms with Crippen molar-refractivity contribution in [2.75, 3.05) is 17.2 Å². The van der Waals surface area contributed by atoms with E-state index in [2.05, 4.69) is 5.10 Å². The molecule has 1 rings (SSSR count). The van der Waals surface area contributed by atoms with Crippen molar-refractivity contribution in [3.05, 3.63) is 11.9 Å². The van der Waals surface area contributed by atoms with Crippen molar-refractivity contribution in [1.82, 2.24) is 9.78 Å². The number of anilines is 1. The summed E-state index contributed by atoms with van der Waals surface area (Å²) in [6.45, 7) is 1.92. The fourth-order valence-electron chi connectivity index (χ4n) is 1.31. The molecule has 0 bridgehead atoms. The van der Waals surface area contributed by atoms with E-state index >= 15 is 0 Å². The highest BCUT2D eigenvalue weighted by Gasteiger charge is 2.13. The second kappa shape index (κ2) is 5.17. The SMILES string of the molecule is CCS(=O)(=O)CCCn1cc(N)c(C(=O)O)n1. The first-order valence-electron chi connectivity index (χ1n) is 5.12. The Bertz CT molecular complexity index is 506. The molecule has 0 aliphatic heterocycles. The number of carbonyl (C=O) groups is 1. The van der Waals surface area contributed by atoms with Gasteiger partial charge in [0, 0.05) is 18.5 Å². The smallest absolute Gasteiger partial charge is 0.358 e. The van der Waals surface area contributed by atoms with Gasteiger partial charge in [0.2, 0.25) is 0 Å². The lowest BCUT2D eigenvalue weighted by atomic mass is 10.4. The summed E-state index contributed by atoms with van der Waals surface area (Å²) in [6.07, 6.45) is 1.78. The fourth-order valence-corrected chi connectivity index (χ4v) is 2.17. The summed E-state index contributed by atoms with van der Waals surface area (Å²) in [7, 11) is -3.00. The number of nitrogen functional groups attached to an aromatic ring is 1. The number of aryl methyl sites for hydroxylation is 1. The van der Waals surface area contributed by atoms with Gasteiger partial charge < -0.3 is 10.8 Å². The molecule has 0 spiro atoms. The first-order valence-corrected chi connectivity index (χ1v) is 6.94. The second-order valence-electron chi connectivity index (χ2n) is 3.59. The van der Waals surface area contributed by atoms with Crippen LogP contribution < -0.4 is 5.73 Å². The number of nitrogens with zero attached hydrogens (tertiary/aromatic N) is 2. The number of carboxylic acid groups (broad SMARTS) is 1. The lowest BCUT2D eigenvalue weighted by Gasteiger charge is -2.01. The zero-order valence-electron chi connectivity index (χ0n) is 9.46. The maximum Gasteiger partial charge on any atom is 0.358 e. The molecule has 96 valence electrons. The van der Waals surface area contributed by atoms with E-state index in [4.69, 9.17) is 10.8 Å². The van der Waals surface area contributed by atoms with E-state index < -0.39 is 15.8 Å². The quantitative estimate of drug-likeness (QED) is 0.744. The van der Waals surface area contributed by atoms with Crippen LogP contribution in [0, 0.1) is 0 Å². The van der Waals surface area contributed by atoms with Crippen LogP contribution in [-0.2, 0) is 16.4 Å². The standard InChI is InChI=1S/C9H15N3O4S/c1-2-17(15,16)5-3-4-12-6-7(10)8(11-12)9(13)14/h6H,2-5,10H2,1H3,(H,13,14). The molecule has 1 heterocycles. The molecule has 0 saturated carbocycles. The summed E-state index contributed by atoms with van der Waals surface area (Å²) in [5.74, 6) is -1.03. The van der Waals surface area contributed by atoms with Crippen LogP contribution >= 0.6 is 0 Å². The van der Waals surface area contributed by atoms with Crippen molar-refractivity contribution >= 4 is 21.5 Å². The highest BCUT2D eigenvalue weighted by atomic mass is 32.2. The number of sulfone groups is 1. The molecule has 0 saturated heterocycles. The highest BCUT2D eigenvalue weighted by Crippen LogP contribution is 2.09. The van der Waals surface area contributed by atoms with E-state index in [0.29, 0.717) is 13.0 Å². The molecule has 17 heavy (non-hydrogen) atoms. The minimum absolute atomic E-state index is 0.0612. The van der Waals surface area contributed by atoms with E-state index in [-0.39, 0.29) is 22.9 Å². The van der Waals surface area contributed by atoms with Gasteiger partial charge >= 0.3 is 5.97 Å². The molecule has 8 heteroatoms. The van der Waals surface area contributed by atoms with Gasteiger partial charge in [-0.25, -0.2) is 13.2 Å². The number of aromatic nitrogens is 2. The number of hydrogen-bond donors (Lipinski definition) is 2. The van der Waals surface area contributed by atoms with Crippen LogP contribution in [0.2, 0.25) is 0 Å². The van der Waals surface area contributed by atoms with Gasteiger partial charge in [-0.05, 0) is 6.42 Å². The Morgan fingerprint density at radius 1 is 1.59 bits per heavy atom. The normalized spacial score (nSPS) is 11.6. The third kappa shape index (κ3) is 3.74. The summed E-state index contributed by atoms with van der Waals surface area (Å²) in [5.41, 5.74) is 5.32. The van der Waals surface area contributed by atoms with E-state index in [1.54, 1.807) is 6.92 Å². The van der Waals surface area contributed by atoms with Crippen molar-refractivity contribution in [3.8, 4) is 0 Å². The molecule has 0 aromatic carbocycles. The predicted octanol–water partition coefficient (Wildman–Crippen LogP) is -0.0117. The first kappa shape index (κ1) is 13.5. The van der Waals surface area contributed by atoms with Crippen LogP contribution in [0.3, 0.4) is 0 Å². The zero-order chi connectivity index (χ0) is 13.1. The van der Waals surface area contributed by atoms with Gasteiger partial charge in [0.1, 0.15) is 9.84 Å². The number of nitrogens with two attached hydrogens (primary N) is 1. The van der Waals surface area contributed by atoms with Gasteiger partial charge in [-0.2, -0.15) is 5.10 Å². The molecular weight excluding hydrogens is 246 g/mol. The van der Waals surface area contributed by atoms with Crippen LogP contribution in [-0.4, -0.2) is 40.8 Å². The Labute approximate surface area is 99.1 Å². The third-order valence-electron chi connectivity index (χ3n) is 2.27. The third-order valence-corrected chi connectivity index (χ3v) is 4.07. The Morgan fingerprint density at radius 2 is 2.24 bits per heavy atom. The van der Waals surface area contributed by atoms with E-state index in [1.807, 2.05) is 0 Å². The fraction of sp³-hybridized carbons (Fsp3) is 0.556. The van der Waals surface area contributed by atoms with Crippen LogP contribution in [0.5, 0.6) is 0 Å². The average Bonchev–Trinajstić information content (AvgIpc) is 2.59. The molecule has 0 atom stereocenters. The van der Waals surface area contributed by atoms with Gasteiger partial charge in [-0.15, -0.1) is 0 Å². The van der Waals surface area contributed by atoms with Crippen molar-refractivity contribution in [2.45, 2.75) is 19.9 Å². The molecule has 0 aliphatic rings. The van der Waals surface area contributed by atoms with Crippen LogP contribution in [0.15, 0.2) is 6.20 Å². The van der Waals surface area contributed by atoms with Crippen molar-refractivity contribution in [3.63, 3.8) is 0 Å². The van der Waals surface area contributed by atoms with Crippen LogP contribution in [0.4, 0.5) is 5.69 Å². The van der Waals surface area contributed by atoms with Crippen molar-refractivity contribution in [1.29, 1.82) is 0 Å². The number of carboxylic acids is 1. The molecule has 3 N–H and O–H groups in total.